The molecule has 1 aliphatic heterocycles. The molecule has 2 rings (SSSR count). The van der Waals surface area contributed by atoms with E-state index in [0.29, 0.717) is 36.1 Å². The number of rotatable bonds is 2. The van der Waals surface area contributed by atoms with Crippen LogP contribution in [0.25, 0.3) is 0 Å². The third-order valence-electron chi connectivity index (χ3n) is 3.08. The van der Waals surface area contributed by atoms with Crippen LogP contribution < -0.4 is 5.41 Å². The lowest BCUT2D eigenvalue weighted by Crippen LogP contribution is -2.44. The summed E-state index contributed by atoms with van der Waals surface area (Å²) < 4.78 is 10.0. The first-order valence-corrected chi connectivity index (χ1v) is 5.88. The summed E-state index contributed by atoms with van der Waals surface area (Å²) in [6.07, 6.45) is 4.96. The lowest BCUT2D eigenvalue weighted by Gasteiger charge is -2.10. The molecule has 0 spiro atoms. The molecule has 18 heavy (non-hydrogen) atoms. The van der Waals surface area contributed by atoms with Crippen molar-refractivity contribution in [3.63, 3.8) is 0 Å². The summed E-state index contributed by atoms with van der Waals surface area (Å²) in [5.41, 5.74) is 1.64. The van der Waals surface area contributed by atoms with Gasteiger partial charge in [0.1, 0.15) is 5.71 Å². The minimum absolute atomic E-state index is 0.0974. The molecule has 1 heterocycles. The number of carbonyl (C=O) groups excluding carboxylic acids is 1. The van der Waals surface area contributed by atoms with Crippen LogP contribution >= 0.6 is 0 Å². The molecule has 96 valence electrons. The number of nitrogens with zero attached hydrogens (tertiary/aromatic N) is 1. The Morgan fingerprint density at radius 2 is 2.28 bits per heavy atom. The number of aliphatic imine (C=N–C) groups is 1. The molecular weight excluding hydrogens is 232 g/mol. The molecule has 1 saturated heterocycles. The van der Waals surface area contributed by atoms with E-state index in [1.54, 1.807) is 18.2 Å². The van der Waals surface area contributed by atoms with Crippen LogP contribution in [0.1, 0.15) is 6.92 Å². The van der Waals surface area contributed by atoms with Gasteiger partial charge in [-0.3, -0.25) is 10.4 Å². The highest BCUT2D eigenvalue weighted by atomic mass is 16.5. The molecule has 0 saturated carbocycles. The van der Waals surface area contributed by atoms with Gasteiger partial charge in [-0.1, -0.05) is 6.92 Å². The number of ether oxygens (including phenoxy) is 2. The van der Waals surface area contributed by atoms with Crippen LogP contribution in [-0.2, 0) is 14.3 Å². The third kappa shape index (κ3) is 2.56. The second-order valence-corrected chi connectivity index (χ2v) is 4.48. The summed E-state index contributed by atoms with van der Waals surface area (Å²) in [6, 6.07) is 0.0974. The minimum Gasteiger partial charge on any atom is -0.465 e. The zero-order chi connectivity index (χ0) is 13.1. The third-order valence-corrected chi connectivity index (χ3v) is 3.08. The number of hydrogen-bond acceptors (Lipinski definition) is 4. The number of nitrogens with two attached hydrogens (primary N) is 1. The number of methoxy groups -OCH3 is 1. The van der Waals surface area contributed by atoms with Gasteiger partial charge in [-0.25, -0.2) is 4.79 Å². The second-order valence-electron chi connectivity index (χ2n) is 4.48. The van der Waals surface area contributed by atoms with Crippen LogP contribution in [0.15, 0.2) is 28.8 Å². The van der Waals surface area contributed by atoms with E-state index in [1.165, 1.54) is 7.11 Å². The SMILES string of the molecule is COC(=O)C1=CC(=N[C@@H]2COC[C@@H]2C)C(=[NH2+])C=C1. The van der Waals surface area contributed by atoms with E-state index in [4.69, 9.17) is 10.1 Å². The maximum atomic E-state index is 11.4. The molecule has 0 aromatic heterocycles. The van der Waals surface area contributed by atoms with E-state index in [1.807, 2.05) is 0 Å². The van der Waals surface area contributed by atoms with Gasteiger partial charge in [-0.2, -0.15) is 0 Å². The maximum Gasteiger partial charge on any atom is 0.337 e. The predicted octanol–water partition coefficient (Wildman–Crippen LogP) is -0.668. The normalized spacial score (nSPS) is 29.6. The molecule has 0 radical (unpaired) electrons. The van der Waals surface area contributed by atoms with Crippen LogP contribution in [0.3, 0.4) is 0 Å². The summed E-state index contributed by atoms with van der Waals surface area (Å²) in [7, 11) is 1.35. The topological polar surface area (TPSA) is 73.5 Å². The van der Waals surface area contributed by atoms with E-state index in [2.05, 4.69) is 16.7 Å². The molecule has 5 nitrogen and oxygen atoms in total. The van der Waals surface area contributed by atoms with Crippen LogP contribution in [0.5, 0.6) is 0 Å². The Hall–Kier alpha value is -1.75. The average molecular weight is 249 g/mol. The molecule has 1 aliphatic carbocycles. The molecule has 2 aliphatic rings. The zero-order valence-electron chi connectivity index (χ0n) is 10.6. The van der Waals surface area contributed by atoms with Crippen LogP contribution in [-0.4, -0.2) is 43.8 Å². The largest absolute Gasteiger partial charge is 0.465 e. The van der Waals surface area contributed by atoms with Crippen molar-refractivity contribution in [1.82, 2.24) is 0 Å². The maximum absolute atomic E-state index is 11.4. The standard InChI is InChI=1S/C13H16N2O3/c1-8-6-18-7-12(8)15-11-5-9(13(16)17-2)3-4-10(11)14/h3-5,8,12,14H,6-7H2,1-2H3/p+1/t8-,12+/m0/s1. The van der Waals surface area contributed by atoms with Gasteiger partial charge in [0.15, 0.2) is 0 Å². The summed E-state index contributed by atoms with van der Waals surface area (Å²) in [5.74, 6) is -0.0200. The molecule has 0 aromatic carbocycles. The molecular formula is C13H17N2O3+. The average Bonchev–Trinajstić information content (AvgIpc) is 2.77. The van der Waals surface area contributed by atoms with Gasteiger partial charge in [0.25, 0.3) is 0 Å². The van der Waals surface area contributed by atoms with Crippen molar-refractivity contribution in [3.05, 3.63) is 23.8 Å². The van der Waals surface area contributed by atoms with Crippen LogP contribution in [0, 0.1) is 5.92 Å². The van der Waals surface area contributed by atoms with Crippen molar-refractivity contribution in [2.24, 2.45) is 10.9 Å². The molecule has 2 N–H and O–H groups in total. The van der Waals surface area contributed by atoms with Crippen molar-refractivity contribution in [3.8, 4) is 0 Å². The Kier molecular flexibility index (Phi) is 3.72. The van der Waals surface area contributed by atoms with E-state index in [9.17, 15) is 4.79 Å². The summed E-state index contributed by atoms with van der Waals surface area (Å²) in [4.78, 5) is 16.0. The van der Waals surface area contributed by atoms with Crippen molar-refractivity contribution in [2.45, 2.75) is 13.0 Å². The summed E-state index contributed by atoms with van der Waals surface area (Å²) in [6.45, 7) is 3.40. The molecule has 0 bridgehead atoms. The van der Waals surface area contributed by atoms with Crippen LogP contribution in [0.2, 0.25) is 0 Å². The number of hydrogen-bond donors (Lipinski definition) is 1. The Labute approximate surface area is 106 Å². The Morgan fingerprint density at radius 1 is 1.50 bits per heavy atom. The van der Waals surface area contributed by atoms with Gasteiger partial charge >= 0.3 is 5.97 Å². The van der Waals surface area contributed by atoms with Gasteiger partial charge in [0.2, 0.25) is 5.71 Å². The predicted molar refractivity (Wildman–Crippen MR) is 67.4 cm³/mol. The van der Waals surface area contributed by atoms with Crippen LogP contribution in [0.4, 0.5) is 0 Å². The van der Waals surface area contributed by atoms with Gasteiger partial charge in [-0.15, -0.1) is 0 Å². The lowest BCUT2D eigenvalue weighted by atomic mass is 10.0. The minimum atomic E-state index is -0.387. The van der Waals surface area contributed by atoms with Crippen molar-refractivity contribution in [2.75, 3.05) is 20.3 Å². The van der Waals surface area contributed by atoms with Gasteiger partial charge in [0, 0.05) is 12.0 Å². The first kappa shape index (κ1) is 12.7. The number of allylic oxidation sites excluding steroid dienone is 2. The highest BCUT2D eigenvalue weighted by Crippen LogP contribution is 2.17. The molecule has 0 aromatic rings. The van der Waals surface area contributed by atoms with Gasteiger partial charge < -0.3 is 9.47 Å². The smallest absolute Gasteiger partial charge is 0.337 e. The number of carbonyl (C=O) groups is 1. The second kappa shape index (κ2) is 5.27. The van der Waals surface area contributed by atoms with Crippen molar-refractivity contribution >= 4 is 17.4 Å². The Balaban J connectivity index is 2.23. The molecule has 2 atom stereocenters. The fourth-order valence-corrected chi connectivity index (χ4v) is 1.89. The van der Waals surface area contributed by atoms with E-state index in [-0.39, 0.29) is 12.0 Å². The van der Waals surface area contributed by atoms with E-state index in [0.717, 1.165) is 0 Å². The highest BCUT2D eigenvalue weighted by Gasteiger charge is 2.26. The highest BCUT2D eigenvalue weighted by molar-refractivity contribution is 6.49. The molecule has 0 unspecified atom stereocenters. The lowest BCUT2D eigenvalue weighted by molar-refractivity contribution is -0.135. The van der Waals surface area contributed by atoms with E-state index < -0.39 is 0 Å². The Morgan fingerprint density at radius 3 is 2.89 bits per heavy atom. The molecule has 1 fully saturated rings. The number of esters is 1. The zero-order valence-corrected chi connectivity index (χ0v) is 10.6. The molecule has 0 amide bonds. The quantitative estimate of drug-likeness (QED) is 0.521. The van der Waals surface area contributed by atoms with Crippen molar-refractivity contribution in [1.29, 1.82) is 0 Å². The first-order chi connectivity index (χ1) is 8.61. The van der Waals surface area contributed by atoms with Gasteiger partial charge in [0.05, 0.1) is 31.9 Å². The summed E-state index contributed by atoms with van der Waals surface area (Å²) >= 11 is 0. The Bertz CT molecular complexity index is 463. The fourth-order valence-electron chi connectivity index (χ4n) is 1.89. The monoisotopic (exact) mass is 249 g/mol. The van der Waals surface area contributed by atoms with Crippen molar-refractivity contribution < 1.29 is 19.7 Å². The summed E-state index contributed by atoms with van der Waals surface area (Å²) in [5, 5.41) is 5.87. The van der Waals surface area contributed by atoms with E-state index >= 15 is 0 Å². The first-order valence-electron chi connectivity index (χ1n) is 5.88. The molecule has 5 heteroatoms. The fraction of sp³-hybridized carbons (Fsp3) is 0.462. The van der Waals surface area contributed by atoms with Gasteiger partial charge in [-0.05, 0) is 12.2 Å².